The van der Waals surface area contributed by atoms with Crippen LogP contribution in [0.2, 0.25) is 5.54 Å². The molecular weight excluding hydrogens is 236 g/mol. The van der Waals surface area contributed by atoms with Crippen molar-refractivity contribution in [2.45, 2.75) is 16.5 Å². The van der Waals surface area contributed by atoms with E-state index in [9.17, 15) is 0 Å². The highest BCUT2D eigenvalue weighted by molar-refractivity contribution is 7.85. The van der Waals surface area contributed by atoms with Crippen LogP contribution in [0.15, 0.2) is 0 Å². The van der Waals surface area contributed by atoms with Crippen LogP contribution in [0.4, 0.5) is 0 Å². The van der Waals surface area contributed by atoms with Gasteiger partial charge >= 0.3 is 0 Å². The Morgan fingerprint density at radius 3 is 1.85 bits per heavy atom. The molecule has 0 N–H and O–H groups in total. The van der Waals surface area contributed by atoms with Gasteiger partial charge in [0.2, 0.25) is 0 Å². The van der Waals surface area contributed by atoms with Crippen molar-refractivity contribution in [1.29, 1.82) is 0 Å². The molecule has 0 aromatic carbocycles. The van der Waals surface area contributed by atoms with Gasteiger partial charge in [-0.2, -0.15) is 12.6 Å². The number of rotatable bonds is 7. The second-order valence-electron chi connectivity index (χ2n) is 3.33. The van der Waals surface area contributed by atoms with Crippen LogP contribution < -0.4 is 0 Å². The van der Waals surface area contributed by atoms with Gasteiger partial charge in [-0.3, -0.25) is 0 Å². The maximum Gasteiger partial charge on any atom is 0.175 e. The summed E-state index contributed by atoms with van der Waals surface area (Å²) in [5.74, 6) is 0. The van der Waals surface area contributed by atoms with Gasteiger partial charge in [0, 0.05) is 25.3 Å². The minimum Gasteiger partial charge on any atom is -0.427 e. The molecule has 0 radical (unpaired) electrons. The lowest BCUT2D eigenvalue weighted by Crippen LogP contribution is -2.44. The Kier molecular flexibility index (Phi) is 7.70. The highest BCUT2D eigenvalue weighted by atomic mass is 32.1. The standard InChI is InChI=1S/C6H20O3SSi3/c1-5(11-7-2)6(10,12-8-3)13-9-4/h5,10H,11-13H2,1-4H3. The van der Waals surface area contributed by atoms with Crippen molar-refractivity contribution in [3.8, 4) is 0 Å². The third-order valence-corrected chi connectivity index (χ3v) is 10.6. The van der Waals surface area contributed by atoms with E-state index in [1.165, 1.54) is 0 Å². The predicted molar refractivity (Wildman–Crippen MR) is 67.8 cm³/mol. The molecule has 0 bridgehead atoms. The quantitative estimate of drug-likeness (QED) is 0.447. The van der Waals surface area contributed by atoms with E-state index in [4.69, 9.17) is 25.9 Å². The summed E-state index contributed by atoms with van der Waals surface area (Å²) >= 11 is 4.74. The lowest BCUT2D eigenvalue weighted by Gasteiger charge is -2.31. The molecule has 0 aliphatic rings. The zero-order chi connectivity index (χ0) is 10.3. The first kappa shape index (κ1) is 13.9. The summed E-state index contributed by atoms with van der Waals surface area (Å²) in [6.45, 7) is 2.21. The molecule has 0 rings (SSSR count). The van der Waals surface area contributed by atoms with Crippen LogP contribution in [0, 0.1) is 0 Å². The summed E-state index contributed by atoms with van der Waals surface area (Å²) in [4.78, 5) is 0. The fourth-order valence-electron chi connectivity index (χ4n) is 1.23. The van der Waals surface area contributed by atoms with Crippen LogP contribution in [0.1, 0.15) is 6.92 Å². The number of thiol groups is 1. The van der Waals surface area contributed by atoms with Crippen LogP contribution in [-0.4, -0.2) is 54.6 Å². The normalized spacial score (nSPS) is 21.0. The first-order valence-electron chi connectivity index (χ1n) is 4.30. The van der Waals surface area contributed by atoms with Crippen molar-refractivity contribution in [3.63, 3.8) is 0 Å². The zero-order valence-electron chi connectivity index (χ0n) is 8.87. The molecule has 7 heteroatoms. The monoisotopic (exact) mass is 256 g/mol. The molecule has 1 atom stereocenters. The van der Waals surface area contributed by atoms with Crippen molar-refractivity contribution in [2.75, 3.05) is 21.3 Å². The Balaban J connectivity index is 4.18. The number of hydrogen-bond donors (Lipinski definition) is 1. The SMILES string of the molecule is CO[SiH2]C(C)C(S)([SiH2]OC)[SiH2]OC. The van der Waals surface area contributed by atoms with Crippen LogP contribution in [0.25, 0.3) is 0 Å². The minimum atomic E-state index is -0.584. The molecule has 0 saturated heterocycles. The summed E-state index contributed by atoms with van der Waals surface area (Å²) in [7, 11) is 3.68. The largest absolute Gasteiger partial charge is 0.427 e. The molecule has 0 heterocycles. The summed E-state index contributed by atoms with van der Waals surface area (Å²) in [6, 6.07) is 0. The van der Waals surface area contributed by atoms with Crippen LogP contribution in [0.3, 0.4) is 0 Å². The summed E-state index contributed by atoms with van der Waals surface area (Å²) in [5, 5.41) is 0. The van der Waals surface area contributed by atoms with Gasteiger partial charge in [-0.05, 0) is 5.54 Å². The van der Waals surface area contributed by atoms with E-state index >= 15 is 0 Å². The average molecular weight is 257 g/mol. The molecule has 80 valence electrons. The topological polar surface area (TPSA) is 27.7 Å². The fraction of sp³-hybridized carbons (Fsp3) is 1.00. The maximum absolute atomic E-state index is 5.31. The summed E-state index contributed by atoms with van der Waals surface area (Å²) < 4.78 is 16.0. The van der Waals surface area contributed by atoms with Gasteiger partial charge in [0.1, 0.15) is 0 Å². The smallest absolute Gasteiger partial charge is 0.175 e. The van der Waals surface area contributed by atoms with Gasteiger partial charge in [0.15, 0.2) is 29.3 Å². The molecule has 0 aromatic heterocycles. The van der Waals surface area contributed by atoms with Gasteiger partial charge in [-0.25, -0.2) is 0 Å². The van der Waals surface area contributed by atoms with E-state index in [0.717, 1.165) is 0 Å². The third kappa shape index (κ3) is 4.77. The highest BCUT2D eigenvalue weighted by Crippen LogP contribution is 2.27. The summed E-state index contributed by atoms with van der Waals surface area (Å²) in [5.41, 5.74) is 0.555. The van der Waals surface area contributed by atoms with E-state index in [1.54, 1.807) is 21.3 Å². The van der Waals surface area contributed by atoms with Crippen molar-refractivity contribution in [2.24, 2.45) is 0 Å². The molecule has 0 aromatic rings. The van der Waals surface area contributed by atoms with Crippen LogP contribution >= 0.6 is 12.6 Å². The zero-order valence-corrected chi connectivity index (χ0v) is 14.0. The van der Waals surface area contributed by atoms with Gasteiger partial charge in [0.25, 0.3) is 0 Å². The molecule has 0 aliphatic heterocycles. The Hall–Kier alpha value is 0.881. The van der Waals surface area contributed by atoms with E-state index in [2.05, 4.69) is 6.92 Å². The molecule has 1 unspecified atom stereocenters. The van der Waals surface area contributed by atoms with Crippen LogP contribution in [0.5, 0.6) is 0 Å². The second-order valence-corrected chi connectivity index (χ2v) is 12.8. The summed E-state index contributed by atoms with van der Waals surface area (Å²) in [6.07, 6.45) is 0. The second kappa shape index (κ2) is 7.21. The van der Waals surface area contributed by atoms with Crippen molar-refractivity contribution in [1.82, 2.24) is 0 Å². The highest BCUT2D eigenvalue weighted by Gasteiger charge is 2.34. The Morgan fingerprint density at radius 2 is 1.54 bits per heavy atom. The van der Waals surface area contributed by atoms with Crippen LogP contribution in [-0.2, 0) is 13.3 Å². The van der Waals surface area contributed by atoms with Crippen molar-refractivity contribution in [3.05, 3.63) is 0 Å². The van der Waals surface area contributed by atoms with E-state index in [0.29, 0.717) is 5.54 Å². The lowest BCUT2D eigenvalue weighted by molar-refractivity contribution is 0.400. The van der Waals surface area contributed by atoms with E-state index in [1.807, 2.05) is 0 Å². The molecule has 0 aliphatic carbocycles. The Bertz CT molecular complexity index is 132. The minimum absolute atomic E-state index is 0.0751. The van der Waals surface area contributed by atoms with Crippen molar-refractivity contribution >= 4 is 41.9 Å². The van der Waals surface area contributed by atoms with Crippen molar-refractivity contribution < 1.29 is 13.3 Å². The predicted octanol–water partition coefficient (Wildman–Crippen LogP) is -1.43. The molecule has 3 nitrogen and oxygen atoms in total. The average Bonchev–Trinajstić information content (AvgIpc) is 2.05. The van der Waals surface area contributed by atoms with Gasteiger partial charge in [-0.1, -0.05) is 6.92 Å². The third-order valence-electron chi connectivity index (χ3n) is 2.12. The molecule has 0 fully saturated rings. The van der Waals surface area contributed by atoms with E-state index in [-0.39, 0.29) is 3.99 Å². The molecule has 0 saturated carbocycles. The Labute approximate surface area is 93.2 Å². The van der Waals surface area contributed by atoms with Gasteiger partial charge in [-0.15, -0.1) is 0 Å². The molecule has 0 spiro atoms. The van der Waals surface area contributed by atoms with E-state index < -0.39 is 29.3 Å². The first-order chi connectivity index (χ1) is 6.10. The molecular formula is C6H20O3SSi3. The van der Waals surface area contributed by atoms with Gasteiger partial charge < -0.3 is 13.3 Å². The fourth-order valence-corrected chi connectivity index (χ4v) is 7.58. The first-order valence-corrected chi connectivity index (χ1v) is 8.71. The maximum atomic E-state index is 5.31. The molecule has 13 heavy (non-hydrogen) atoms. The number of hydrogen-bond acceptors (Lipinski definition) is 4. The lowest BCUT2D eigenvalue weighted by atomic mass is 10.5. The van der Waals surface area contributed by atoms with Gasteiger partial charge in [0.05, 0.1) is 0 Å². The Morgan fingerprint density at radius 1 is 1.08 bits per heavy atom. The molecule has 0 amide bonds.